The van der Waals surface area contributed by atoms with Crippen molar-refractivity contribution in [1.29, 1.82) is 0 Å². The largest absolute Gasteiger partial charge is 0.443 e. The Morgan fingerprint density at radius 2 is 1.74 bits per heavy atom. The van der Waals surface area contributed by atoms with Gasteiger partial charge in [-0.25, -0.2) is 10.2 Å². The van der Waals surface area contributed by atoms with Gasteiger partial charge in [-0.15, -0.1) is 0 Å². The fourth-order valence-corrected chi connectivity index (χ4v) is 1.28. The quantitative estimate of drug-likeness (QED) is 0.703. The molecule has 4 N–H and O–H groups in total. The smallest absolute Gasteiger partial charge is 0.426 e. The van der Waals surface area contributed by atoms with Crippen molar-refractivity contribution in [2.45, 2.75) is 32.9 Å². The monoisotopic (exact) mass is 265 g/mol. The van der Waals surface area contributed by atoms with Crippen LogP contribution in [0.5, 0.6) is 0 Å². The first-order chi connectivity index (χ1) is 8.81. The van der Waals surface area contributed by atoms with E-state index in [0.29, 0.717) is 12.1 Å². The van der Waals surface area contributed by atoms with Crippen LogP contribution in [0.15, 0.2) is 24.3 Å². The van der Waals surface area contributed by atoms with Crippen molar-refractivity contribution in [3.05, 3.63) is 35.4 Å². The summed E-state index contributed by atoms with van der Waals surface area (Å²) in [5.74, 6) is -0.422. The zero-order chi connectivity index (χ0) is 14.5. The molecule has 0 aliphatic heterocycles. The van der Waals surface area contributed by atoms with Crippen molar-refractivity contribution in [1.82, 2.24) is 10.9 Å². The Kier molecular flexibility index (Phi) is 4.88. The maximum Gasteiger partial charge on any atom is 0.426 e. The Morgan fingerprint density at radius 1 is 1.16 bits per heavy atom. The highest BCUT2D eigenvalue weighted by atomic mass is 16.6. The normalized spacial score (nSPS) is 10.7. The van der Waals surface area contributed by atoms with Gasteiger partial charge in [0.15, 0.2) is 0 Å². The standard InChI is InChI=1S/C13H19N3O3/c1-13(2,3)19-12(18)16-15-11(17)10-6-4-9(8-14)5-7-10/h4-7H,8,14H2,1-3H3,(H,15,17)(H,16,18). The summed E-state index contributed by atoms with van der Waals surface area (Å²) in [6, 6.07) is 6.77. The van der Waals surface area contributed by atoms with Crippen LogP contribution in [0.3, 0.4) is 0 Å². The van der Waals surface area contributed by atoms with Gasteiger partial charge in [0, 0.05) is 12.1 Å². The van der Waals surface area contributed by atoms with Crippen molar-refractivity contribution < 1.29 is 14.3 Å². The van der Waals surface area contributed by atoms with Crippen LogP contribution in [-0.4, -0.2) is 17.6 Å². The molecule has 104 valence electrons. The highest BCUT2D eigenvalue weighted by molar-refractivity contribution is 5.94. The molecular weight excluding hydrogens is 246 g/mol. The number of amides is 2. The van der Waals surface area contributed by atoms with Crippen LogP contribution in [-0.2, 0) is 11.3 Å². The number of carbonyl (C=O) groups excluding carboxylic acids is 2. The fourth-order valence-electron chi connectivity index (χ4n) is 1.28. The van der Waals surface area contributed by atoms with Gasteiger partial charge in [0.25, 0.3) is 5.91 Å². The molecule has 0 aromatic heterocycles. The molecule has 0 radical (unpaired) electrons. The van der Waals surface area contributed by atoms with E-state index in [2.05, 4.69) is 10.9 Å². The van der Waals surface area contributed by atoms with E-state index in [4.69, 9.17) is 10.5 Å². The van der Waals surface area contributed by atoms with E-state index >= 15 is 0 Å². The molecule has 1 aromatic carbocycles. The molecular formula is C13H19N3O3. The summed E-state index contributed by atoms with van der Waals surface area (Å²) in [5, 5.41) is 0. The van der Waals surface area contributed by atoms with Gasteiger partial charge in [-0.1, -0.05) is 12.1 Å². The van der Waals surface area contributed by atoms with Gasteiger partial charge >= 0.3 is 6.09 Å². The lowest BCUT2D eigenvalue weighted by molar-refractivity contribution is 0.0483. The first-order valence-corrected chi connectivity index (χ1v) is 5.90. The number of rotatable bonds is 2. The van der Waals surface area contributed by atoms with E-state index < -0.39 is 17.6 Å². The van der Waals surface area contributed by atoms with Crippen molar-refractivity contribution >= 4 is 12.0 Å². The highest BCUT2D eigenvalue weighted by Gasteiger charge is 2.16. The van der Waals surface area contributed by atoms with E-state index in [9.17, 15) is 9.59 Å². The molecule has 0 bridgehead atoms. The summed E-state index contributed by atoms with van der Waals surface area (Å²) in [7, 11) is 0. The number of nitrogens with two attached hydrogens (primary N) is 1. The molecule has 0 spiro atoms. The molecule has 0 aliphatic carbocycles. The lowest BCUT2D eigenvalue weighted by Crippen LogP contribution is -2.44. The second-order valence-electron chi connectivity index (χ2n) is 4.98. The van der Waals surface area contributed by atoms with Crippen LogP contribution >= 0.6 is 0 Å². The molecule has 1 aromatic rings. The Labute approximate surface area is 112 Å². The van der Waals surface area contributed by atoms with Crippen LogP contribution in [0.4, 0.5) is 4.79 Å². The molecule has 0 aliphatic rings. The number of hydrazine groups is 1. The topological polar surface area (TPSA) is 93.5 Å². The molecule has 0 saturated heterocycles. The molecule has 0 fully saturated rings. The molecule has 0 saturated carbocycles. The minimum absolute atomic E-state index is 0.415. The van der Waals surface area contributed by atoms with E-state index in [0.717, 1.165) is 5.56 Å². The van der Waals surface area contributed by atoms with E-state index in [-0.39, 0.29) is 0 Å². The lowest BCUT2D eigenvalue weighted by atomic mass is 10.1. The van der Waals surface area contributed by atoms with E-state index in [1.165, 1.54) is 0 Å². The predicted molar refractivity (Wildman–Crippen MR) is 71.2 cm³/mol. The predicted octanol–water partition coefficient (Wildman–Crippen LogP) is 1.31. The Bertz CT molecular complexity index is 449. The molecule has 6 heteroatoms. The number of ether oxygens (including phenoxy) is 1. The third kappa shape index (κ3) is 5.39. The maximum absolute atomic E-state index is 11.7. The average Bonchev–Trinajstić information content (AvgIpc) is 2.34. The van der Waals surface area contributed by atoms with Gasteiger partial charge in [0.1, 0.15) is 5.60 Å². The molecule has 1 rings (SSSR count). The maximum atomic E-state index is 11.7. The van der Waals surface area contributed by atoms with Crippen molar-refractivity contribution in [3.8, 4) is 0 Å². The van der Waals surface area contributed by atoms with Gasteiger partial charge < -0.3 is 10.5 Å². The minimum Gasteiger partial charge on any atom is -0.443 e. The molecule has 19 heavy (non-hydrogen) atoms. The molecule has 2 amide bonds. The second-order valence-corrected chi connectivity index (χ2v) is 4.98. The first-order valence-electron chi connectivity index (χ1n) is 5.90. The average molecular weight is 265 g/mol. The van der Waals surface area contributed by atoms with E-state index in [1.54, 1.807) is 45.0 Å². The van der Waals surface area contributed by atoms with Gasteiger partial charge in [0.05, 0.1) is 0 Å². The molecule has 0 unspecified atom stereocenters. The number of hydrogen-bond acceptors (Lipinski definition) is 4. The highest BCUT2D eigenvalue weighted by Crippen LogP contribution is 2.06. The Morgan fingerprint density at radius 3 is 2.21 bits per heavy atom. The van der Waals surface area contributed by atoms with Crippen molar-refractivity contribution in [2.75, 3.05) is 0 Å². The Hall–Kier alpha value is -2.08. The number of nitrogens with one attached hydrogen (secondary N) is 2. The summed E-state index contributed by atoms with van der Waals surface area (Å²) in [6.07, 6.45) is -0.709. The van der Waals surface area contributed by atoms with Crippen molar-refractivity contribution in [3.63, 3.8) is 0 Å². The van der Waals surface area contributed by atoms with Gasteiger partial charge in [0.2, 0.25) is 0 Å². The first kappa shape index (κ1) is 15.0. The molecule has 0 atom stereocenters. The van der Waals surface area contributed by atoms with Crippen LogP contribution in [0.25, 0.3) is 0 Å². The Balaban J connectivity index is 2.49. The minimum atomic E-state index is -0.709. The number of benzene rings is 1. The molecule has 6 nitrogen and oxygen atoms in total. The fraction of sp³-hybridized carbons (Fsp3) is 0.385. The SMILES string of the molecule is CC(C)(C)OC(=O)NNC(=O)c1ccc(CN)cc1. The summed E-state index contributed by atoms with van der Waals surface area (Å²) in [6.45, 7) is 5.62. The summed E-state index contributed by atoms with van der Waals surface area (Å²) in [4.78, 5) is 23.0. The second kappa shape index (κ2) is 6.19. The third-order valence-corrected chi connectivity index (χ3v) is 2.13. The lowest BCUT2D eigenvalue weighted by Gasteiger charge is -2.19. The van der Waals surface area contributed by atoms with Crippen LogP contribution in [0.2, 0.25) is 0 Å². The number of carbonyl (C=O) groups is 2. The van der Waals surface area contributed by atoms with Gasteiger partial charge in [-0.05, 0) is 38.5 Å². The van der Waals surface area contributed by atoms with E-state index in [1.807, 2.05) is 0 Å². The van der Waals surface area contributed by atoms with Crippen LogP contribution < -0.4 is 16.6 Å². The van der Waals surface area contributed by atoms with Crippen LogP contribution in [0, 0.1) is 0 Å². The summed E-state index contributed by atoms with van der Waals surface area (Å²) >= 11 is 0. The van der Waals surface area contributed by atoms with Gasteiger partial charge in [-0.2, -0.15) is 0 Å². The summed E-state index contributed by atoms with van der Waals surface area (Å²) < 4.78 is 4.98. The zero-order valence-corrected chi connectivity index (χ0v) is 11.3. The number of hydrogen-bond donors (Lipinski definition) is 3. The van der Waals surface area contributed by atoms with Crippen molar-refractivity contribution in [2.24, 2.45) is 5.73 Å². The van der Waals surface area contributed by atoms with Gasteiger partial charge in [-0.3, -0.25) is 10.2 Å². The third-order valence-electron chi connectivity index (χ3n) is 2.13. The molecule has 0 heterocycles. The van der Waals surface area contributed by atoms with Crippen LogP contribution in [0.1, 0.15) is 36.7 Å². The summed E-state index contributed by atoms with van der Waals surface area (Å²) in [5.41, 5.74) is 10.6. The zero-order valence-electron chi connectivity index (χ0n) is 11.3.